The van der Waals surface area contributed by atoms with Gasteiger partial charge in [-0.1, -0.05) is 36.4 Å². The lowest BCUT2D eigenvalue weighted by molar-refractivity contribution is 0.0961. The fourth-order valence-corrected chi connectivity index (χ4v) is 1.90. The third-order valence-corrected chi connectivity index (χ3v) is 2.75. The third kappa shape index (κ3) is 1.39. The zero-order chi connectivity index (χ0) is 11.0. The van der Waals surface area contributed by atoms with E-state index in [0.29, 0.717) is 11.3 Å². The Bertz CT molecular complexity index is 544. The van der Waals surface area contributed by atoms with Crippen molar-refractivity contribution >= 4 is 5.78 Å². The van der Waals surface area contributed by atoms with Gasteiger partial charge in [0.05, 0.1) is 5.56 Å². The number of Topliss-reactive ketones (excluding diaryl/α,β-unsaturated/α-hetero) is 1. The summed E-state index contributed by atoms with van der Waals surface area (Å²) in [6.07, 6.45) is 0. The van der Waals surface area contributed by atoms with Gasteiger partial charge in [0, 0.05) is 0 Å². The van der Waals surface area contributed by atoms with Crippen molar-refractivity contribution in [3.05, 3.63) is 54.1 Å². The molecule has 0 radical (unpaired) electrons. The van der Waals surface area contributed by atoms with Crippen molar-refractivity contribution in [2.24, 2.45) is 0 Å². The second kappa shape index (κ2) is 3.49. The van der Waals surface area contributed by atoms with Gasteiger partial charge in [0.1, 0.15) is 5.75 Å². The first-order valence-corrected chi connectivity index (χ1v) is 5.20. The second-order valence-electron chi connectivity index (χ2n) is 3.79. The van der Waals surface area contributed by atoms with Crippen molar-refractivity contribution in [3.63, 3.8) is 0 Å². The highest BCUT2D eigenvalue weighted by Crippen LogP contribution is 2.30. The quantitative estimate of drug-likeness (QED) is 0.723. The van der Waals surface area contributed by atoms with E-state index in [9.17, 15) is 4.79 Å². The van der Waals surface area contributed by atoms with Gasteiger partial charge in [0.15, 0.2) is 6.61 Å². The minimum absolute atomic E-state index is 0.0645. The Hall–Kier alpha value is -2.09. The maximum absolute atomic E-state index is 11.4. The van der Waals surface area contributed by atoms with Gasteiger partial charge in [-0.15, -0.1) is 0 Å². The van der Waals surface area contributed by atoms with Crippen LogP contribution in [0.25, 0.3) is 11.1 Å². The van der Waals surface area contributed by atoms with Crippen molar-refractivity contribution in [2.45, 2.75) is 0 Å². The van der Waals surface area contributed by atoms with Crippen LogP contribution in [0.2, 0.25) is 0 Å². The Labute approximate surface area is 93.5 Å². The molecule has 3 rings (SSSR count). The summed E-state index contributed by atoms with van der Waals surface area (Å²) in [6, 6.07) is 15.8. The molecule has 1 aliphatic heterocycles. The molecule has 16 heavy (non-hydrogen) atoms. The monoisotopic (exact) mass is 210 g/mol. The molecule has 1 aliphatic rings. The molecule has 0 amide bonds. The van der Waals surface area contributed by atoms with Crippen LogP contribution in [0.15, 0.2) is 48.5 Å². The van der Waals surface area contributed by atoms with Gasteiger partial charge in [-0.2, -0.15) is 0 Å². The van der Waals surface area contributed by atoms with Gasteiger partial charge in [0.25, 0.3) is 0 Å². The van der Waals surface area contributed by atoms with Crippen molar-refractivity contribution in [2.75, 3.05) is 6.61 Å². The van der Waals surface area contributed by atoms with Gasteiger partial charge < -0.3 is 4.74 Å². The Balaban J connectivity index is 2.09. The standard InChI is InChI=1S/C14H10O2/c15-13-9-16-14-8-11(6-7-12(13)14)10-4-2-1-3-5-10/h1-8H,9H2. The van der Waals surface area contributed by atoms with Crippen LogP contribution in [-0.2, 0) is 0 Å². The van der Waals surface area contributed by atoms with E-state index < -0.39 is 0 Å². The first-order valence-electron chi connectivity index (χ1n) is 5.20. The largest absolute Gasteiger partial charge is 0.485 e. The Morgan fingerprint density at radius 2 is 1.75 bits per heavy atom. The molecule has 0 aromatic heterocycles. The fraction of sp³-hybridized carbons (Fsp3) is 0.0714. The van der Waals surface area contributed by atoms with E-state index in [2.05, 4.69) is 0 Å². The van der Waals surface area contributed by atoms with Gasteiger partial charge in [0.2, 0.25) is 5.78 Å². The molecular weight excluding hydrogens is 200 g/mol. The molecule has 0 fully saturated rings. The summed E-state index contributed by atoms with van der Waals surface area (Å²) in [6.45, 7) is 0.174. The first-order chi connectivity index (χ1) is 7.84. The summed E-state index contributed by atoms with van der Waals surface area (Å²) >= 11 is 0. The Kier molecular flexibility index (Phi) is 2.00. The fourth-order valence-electron chi connectivity index (χ4n) is 1.90. The lowest BCUT2D eigenvalue weighted by atomic mass is 10.0. The number of ether oxygens (including phenoxy) is 1. The second-order valence-corrected chi connectivity index (χ2v) is 3.79. The number of rotatable bonds is 1. The van der Waals surface area contributed by atoms with Gasteiger partial charge >= 0.3 is 0 Å². The van der Waals surface area contributed by atoms with E-state index in [-0.39, 0.29) is 12.4 Å². The summed E-state index contributed by atoms with van der Waals surface area (Å²) in [7, 11) is 0. The molecule has 2 aromatic rings. The van der Waals surface area contributed by atoms with Crippen molar-refractivity contribution in [3.8, 4) is 16.9 Å². The molecule has 0 saturated heterocycles. The molecule has 0 atom stereocenters. The minimum Gasteiger partial charge on any atom is -0.485 e. The van der Waals surface area contributed by atoms with E-state index in [1.54, 1.807) is 0 Å². The predicted molar refractivity (Wildman–Crippen MR) is 61.7 cm³/mol. The molecule has 78 valence electrons. The molecule has 0 spiro atoms. The van der Waals surface area contributed by atoms with Crippen LogP contribution >= 0.6 is 0 Å². The van der Waals surface area contributed by atoms with Crippen molar-refractivity contribution < 1.29 is 9.53 Å². The number of hydrogen-bond acceptors (Lipinski definition) is 2. The lowest BCUT2D eigenvalue weighted by Gasteiger charge is -2.03. The molecule has 2 aromatic carbocycles. The third-order valence-electron chi connectivity index (χ3n) is 2.75. The average Bonchev–Trinajstić information content (AvgIpc) is 2.72. The zero-order valence-corrected chi connectivity index (χ0v) is 8.64. The molecule has 2 heteroatoms. The van der Waals surface area contributed by atoms with Gasteiger partial charge in [-0.3, -0.25) is 4.79 Å². The number of fused-ring (bicyclic) bond motifs is 1. The molecule has 2 nitrogen and oxygen atoms in total. The smallest absolute Gasteiger partial charge is 0.203 e. The molecule has 0 N–H and O–H groups in total. The molecule has 0 unspecified atom stereocenters. The van der Waals surface area contributed by atoms with E-state index in [4.69, 9.17) is 4.74 Å². The van der Waals surface area contributed by atoms with Crippen LogP contribution in [-0.4, -0.2) is 12.4 Å². The molecule has 0 aliphatic carbocycles. The summed E-state index contributed by atoms with van der Waals surface area (Å²) in [5.74, 6) is 0.765. The highest BCUT2D eigenvalue weighted by Gasteiger charge is 2.20. The van der Waals surface area contributed by atoms with Gasteiger partial charge in [-0.05, 0) is 23.3 Å². The topological polar surface area (TPSA) is 26.3 Å². The van der Waals surface area contributed by atoms with E-state index in [0.717, 1.165) is 11.1 Å². The van der Waals surface area contributed by atoms with E-state index >= 15 is 0 Å². The highest BCUT2D eigenvalue weighted by atomic mass is 16.5. The van der Waals surface area contributed by atoms with Crippen molar-refractivity contribution in [1.29, 1.82) is 0 Å². The molecule has 0 saturated carbocycles. The number of benzene rings is 2. The van der Waals surface area contributed by atoms with E-state index in [1.165, 1.54) is 0 Å². The Morgan fingerprint density at radius 1 is 0.938 bits per heavy atom. The van der Waals surface area contributed by atoms with Crippen LogP contribution in [0.5, 0.6) is 5.75 Å². The SMILES string of the molecule is O=C1COc2cc(-c3ccccc3)ccc21. The van der Waals surface area contributed by atoms with Gasteiger partial charge in [-0.25, -0.2) is 0 Å². The van der Waals surface area contributed by atoms with Crippen molar-refractivity contribution in [1.82, 2.24) is 0 Å². The van der Waals surface area contributed by atoms with Crippen LogP contribution in [0, 0.1) is 0 Å². The minimum atomic E-state index is 0.0645. The van der Waals surface area contributed by atoms with Crippen LogP contribution in [0.1, 0.15) is 10.4 Å². The maximum atomic E-state index is 11.4. The number of carbonyl (C=O) groups excluding carboxylic acids is 1. The molecule has 1 heterocycles. The summed E-state index contributed by atoms with van der Waals surface area (Å²) in [5, 5.41) is 0. The summed E-state index contributed by atoms with van der Waals surface area (Å²) in [5.41, 5.74) is 2.90. The maximum Gasteiger partial charge on any atom is 0.203 e. The summed E-state index contributed by atoms with van der Waals surface area (Å²) in [4.78, 5) is 11.4. The zero-order valence-electron chi connectivity index (χ0n) is 8.64. The molecule has 0 bridgehead atoms. The Morgan fingerprint density at radius 3 is 2.56 bits per heavy atom. The van der Waals surface area contributed by atoms with E-state index in [1.807, 2.05) is 48.5 Å². The number of hydrogen-bond donors (Lipinski definition) is 0. The van der Waals surface area contributed by atoms with Crippen LogP contribution in [0.4, 0.5) is 0 Å². The average molecular weight is 210 g/mol. The van der Waals surface area contributed by atoms with Crippen LogP contribution in [0.3, 0.4) is 0 Å². The predicted octanol–water partition coefficient (Wildman–Crippen LogP) is 2.93. The lowest BCUT2D eigenvalue weighted by Crippen LogP contribution is -1.98. The number of ketones is 1. The van der Waals surface area contributed by atoms with Crippen LogP contribution < -0.4 is 4.74 Å². The highest BCUT2D eigenvalue weighted by molar-refractivity contribution is 6.02. The molecular formula is C14H10O2. The summed E-state index contributed by atoms with van der Waals surface area (Å²) < 4.78 is 5.32. The number of carbonyl (C=O) groups is 1. The normalized spacial score (nSPS) is 13.4. The first kappa shape index (κ1) is 9.16.